The maximum absolute atomic E-state index is 6.44. The Kier molecular flexibility index (Phi) is 4.33. The lowest BCUT2D eigenvalue weighted by molar-refractivity contribution is 0.0509. The molecule has 26 heavy (non-hydrogen) atoms. The van der Waals surface area contributed by atoms with Crippen molar-refractivity contribution in [2.45, 2.75) is 64.7 Å². The number of halogens is 1. The Morgan fingerprint density at radius 2 is 1.88 bits per heavy atom. The lowest BCUT2D eigenvalue weighted by Gasteiger charge is -2.50. The summed E-state index contributed by atoms with van der Waals surface area (Å²) in [4.78, 5) is 0. The van der Waals surface area contributed by atoms with E-state index in [0.29, 0.717) is 17.1 Å². The molecule has 0 bridgehead atoms. The van der Waals surface area contributed by atoms with Gasteiger partial charge in [-0.05, 0) is 64.4 Å². The van der Waals surface area contributed by atoms with E-state index in [1.807, 2.05) is 0 Å². The number of furan rings is 1. The highest BCUT2D eigenvalue weighted by Crippen LogP contribution is 2.59. The molecule has 2 unspecified atom stereocenters. The van der Waals surface area contributed by atoms with Crippen molar-refractivity contribution in [3.05, 3.63) is 21.9 Å². The van der Waals surface area contributed by atoms with Crippen molar-refractivity contribution in [3.8, 4) is 11.5 Å². The molecular formula is C22H29BrO3. The van der Waals surface area contributed by atoms with Crippen LogP contribution in [0, 0.1) is 11.3 Å². The van der Waals surface area contributed by atoms with E-state index >= 15 is 0 Å². The average molecular weight is 421 g/mol. The second-order valence-corrected chi connectivity index (χ2v) is 9.70. The lowest BCUT2D eigenvalue weighted by Crippen LogP contribution is -2.44. The van der Waals surface area contributed by atoms with Crippen LogP contribution in [0.3, 0.4) is 0 Å². The molecule has 1 saturated carbocycles. The smallest absolute Gasteiger partial charge is 0.178 e. The minimum atomic E-state index is 0.151. The Morgan fingerprint density at radius 1 is 1.12 bits per heavy atom. The minimum absolute atomic E-state index is 0.151. The second-order valence-electron chi connectivity index (χ2n) is 8.91. The Morgan fingerprint density at radius 3 is 2.58 bits per heavy atom. The molecule has 142 valence electrons. The molecule has 0 amide bonds. The van der Waals surface area contributed by atoms with Crippen molar-refractivity contribution in [2.24, 2.45) is 11.3 Å². The maximum Gasteiger partial charge on any atom is 0.178 e. The standard InChI is InChI=1S/C22H29BrO3/c1-21(2)10-7-11-22(3)16(21)9-6-8-14-17(22)13-12-15(24-4)20(25-5)18(23)19(13)26-14/h12,16H,6-11H2,1-5H3. The zero-order valence-corrected chi connectivity index (χ0v) is 18.1. The van der Waals surface area contributed by atoms with Crippen molar-refractivity contribution >= 4 is 26.9 Å². The van der Waals surface area contributed by atoms with Gasteiger partial charge in [0.05, 0.1) is 14.2 Å². The topological polar surface area (TPSA) is 31.6 Å². The van der Waals surface area contributed by atoms with Crippen molar-refractivity contribution in [3.63, 3.8) is 0 Å². The lowest BCUT2D eigenvalue weighted by atomic mass is 9.53. The molecule has 0 saturated heterocycles. The molecule has 4 heteroatoms. The van der Waals surface area contributed by atoms with Gasteiger partial charge in [-0.15, -0.1) is 0 Å². The molecule has 0 N–H and O–H groups in total. The monoisotopic (exact) mass is 420 g/mol. The zero-order chi connectivity index (χ0) is 18.7. The summed E-state index contributed by atoms with van der Waals surface area (Å²) in [5, 5.41) is 1.19. The van der Waals surface area contributed by atoms with Gasteiger partial charge in [0, 0.05) is 17.4 Å². The predicted molar refractivity (Wildman–Crippen MR) is 108 cm³/mol. The van der Waals surface area contributed by atoms with Crippen LogP contribution in [0.5, 0.6) is 11.5 Å². The Balaban J connectivity index is 2.02. The third kappa shape index (κ3) is 2.44. The van der Waals surface area contributed by atoms with E-state index in [2.05, 4.69) is 42.8 Å². The molecule has 0 aliphatic heterocycles. The van der Waals surface area contributed by atoms with Gasteiger partial charge in [-0.1, -0.05) is 27.2 Å². The number of benzene rings is 1. The van der Waals surface area contributed by atoms with Gasteiger partial charge in [0.15, 0.2) is 17.1 Å². The van der Waals surface area contributed by atoms with Gasteiger partial charge in [-0.3, -0.25) is 0 Å². The van der Waals surface area contributed by atoms with E-state index in [1.54, 1.807) is 14.2 Å². The van der Waals surface area contributed by atoms with Crippen molar-refractivity contribution in [2.75, 3.05) is 14.2 Å². The van der Waals surface area contributed by atoms with Crippen LogP contribution in [-0.2, 0) is 11.8 Å². The molecule has 2 aromatic rings. The van der Waals surface area contributed by atoms with Crippen LogP contribution in [0.4, 0.5) is 0 Å². The first-order chi connectivity index (χ1) is 12.3. The molecule has 2 aliphatic rings. The van der Waals surface area contributed by atoms with Gasteiger partial charge in [0.1, 0.15) is 10.2 Å². The van der Waals surface area contributed by atoms with Crippen LogP contribution < -0.4 is 9.47 Å². The van der Waals surface area contributed by atoms with Gasteiger partial charge in [0.2, 0.25) is 0 Å². The maximum atomic E-state index is 6.44. The summed E-state index contributed by atoms with van der Waals surface area (Å²) in [6.07, 6.45) is 7.32. The van der Waals surface area contributed by atoms with Crippen LogP contribution in [0.15, 0.2) is 15.0 Å². The summed E-state index contributed by atoms with van der Waals surface area (Å²) in [5.41, 5.74) is 2.84. The van der Waals surface area contributed by atoms with Gasteiger partial charge in [0.25, 0.3) is 0 Å². The van der Waals surface area contributed by atoms with Crippen LogP contribution in [0.1, 0.15) is 64.2 Å². The quantitative estimate of drug-likeness (QED) is 0.545. The molecule has 1 aromatic heterocycles. The Bertz CT molecular complexity index is 851. The summed E-state index contributed by atoms with van der Waals surface area (Å²) in [7, 11) is 3.37. The number of fused-ring (bicyclic) bond motifs is 5. The summed E-state index contributed by atoms with van der Waals surface area (Å²) in [6.45, 7) is 7.39. The van der Waals surface area contributed by atoms with Gasteiger partial charge < -0.3 is 13.9 Å². The number of aryl methyl sites for hydroxylation is 1. The van der Waals surface area contributed by atoms with Crippen LogP contribution >= 0.6 is 15.9 Å². The molecule has 2 atom stereocenters. The molecule has 2 aliphatic carbocycles. The zero-order valence-electron chi connectivity index (χ0n) is 16.5. The molecular weight excluding hydrogens is 392 g/mol. The molecule has 1 aromatic carbocycles. The molecule has 1 fully saturated rings. The van der Waals surface area contributed by atoms with Crippen molar-refractivity contribution < 1.29 is 13.9 Å². The van der Waals surface area contributed by atoms with E-state index in [0.717, 1.165) is 22.2 Å². The van der Waals surface area contributed by atoms with Gasteiger partial charge in [-0.2, -0.15) is 0 Å². The second kappa shape index (κ2) is 6.19. The third-order valence-corrected chi connectivity index (χ3v) is 7.76. The summed E-state index contributed by atoms with van der Waals surface area (Å²) in [5.74, 6) is 3.31. The SMILES string of the molecule is COc1cc2c3c(oc2c(Br)c1OC)CCCC1C(C)(C)CCCC31C. The summed E-state index contributed by atoms with van der Waals surface area (Å²) >= 11 is 3.71. The van der Waals surface area contributed by atoms with E-state index < -0.39 is 0 Å². The normalized spacial score (nSPS) is 27.5. The molecule has 4 rings (SSSR count). The first-order valence-corrected chi connectivity index (χ1v) is 10.5. The van der Waals surface area contributed by atoms with Crippen LogP contribution in [0.2, 0.25) is 0 Å². The van der Waals surface area contributed by atoms with E-state index in [1.165, 1.54) is 48.8 Å². The first-order valence-electron chi connectivity index (χ1n) is 9.70. The van der Waals surface area contributed by atoms with E-state index in [-0.39, 0.29) is 5.41 Å². The Hall–Kier alpha value is -1.16. The largest absolute Gasteiger partial charge is 0.493 e. The molecule has 3 nitrogen and oxygen atoms in total. The number of rotatable bonds is 2. The fourth-order valence-corrected chi connectivity index (χ4v) is 6.59. The highest BCUT2D eigenvalue weighted by Gasteiger charge is 2.50. The van der Waals surface area contributed by atoms with Crippen LogP contribution in [0.25, 0.3) is 11.0 Å². The minimum Gasteiger partial charge on any atom is -0.493 e. The number of hydrogen-bond acceptors (Lipinski definition) is 3. The number of ether oxygens (including phenoxy) is 2. The Labute approximate surface area is 164 Å². The van der Waals surface area contributed by atoms with E-state index in [4.69, 9.17) is 13.9 Å². The highest BCUT2D eigenvalue weighted by molar-refractivity contribution is 9.10. The van der Waals surface area contributed by atoms with Gasteiger partial charge >= 0.3 is 0 Å². The highest BCUT2D eigenvalue weighted by atomic mass is 79.9. The fraction of sp³-hybridized carbons (Fsp3) is 0.636. The number of hydrogen-bond donors (Lipinski definition) is 0. The third-order valence-electron chi connectivity index (χ3n) is 7.04. The fourth-order valence-electron chi connectivity index (χ4n) is 5.94. The summed E-state index contributed by atoms with van der Waals surface area (Å²) < 4.78 is 18.5. The molecule has 0 spiro atoms. The average Bonchev–Trinajstić information content (AvgIpc) is 2.88. The first kappa shape index (κ1) is 18.2. The predicted octanol–water partition coefficient (Wildman–Crippen LogP) is 6.63. The van der Waals surface area contributed by atoms with E-state index in [9.17, 15) is 0 Å². The van der Waals surface area contributed by atoms with Gasteiger partial charge in [-0.25, -0.2) is 0 Å². The summed E-state index contributed by atoms with van der Waals surface area (Å²) in [6, 6.07) is 2.12. The number of methoxy groups -OCH3 is 2. The van der Waals surface area contributed by atoms with Crippen molar-refractivity contribution in [1.82, 2.24) is 0 Å². The van der Waals surface area contributed by atoms with Crippen molar-refractivity contribution in [1.29, 1.82) is 0 Å². The molecule has 0 radical (unpaired) electrons. The molecule has 1 heterocycles. The van der Waals surface area contributed by atoms with Crippen LogP contribution in [-0.4, -0.2) is 14.2 Å².